The fraction of sp³-hybridized carbons (Fsp3) is 0.824. The van der Waals surface area contributed by atoms with Gasteiger partial charge < -0.3 is 0 Å². The zero-order chi connectivity index (χ0) is 13.3. The maximum Gasteiger partial charge on any atom is 0.155 e. The monoisotopic (exact) mass is 246 g/mol. The molecule has 3 rings (SSSR count). The van der Waals surface area contributed by atoms with Crippen molar-refractivity contribution >= 4 is 5.78 Å². The maximum atomic E-state index is 12.0. The minimum atomic E-state index is 0.326. The molecule has 1 heteroatoms. The lowest BCUT2D eigenvalue weighted by Crippen LogP contribution is -2.32. The first kappa shape index (κ1) is 12.4. The number of ketones is 1. The second-order valence-electron chi connectivity index (χ2n) is 7.74. The molecule has 2 bridgehead atoms. The molecule has 2 saturated carbocycles. The van der Waals surface area contributed by atoms with Crippen LogP contribution in [-0.2, 0) is 4.79 Å². The summed E-state index contributed by atoms with van der Waals surface area (Å²) in [4.78, 5) is 12.0. The molecule has 3 aliphatic carbocycles. The first-order chi connectivity index (χ1) is 8.30. The average Bonchev–Trinajstić information content (AvgIpc) is 2.68. The van der Waals surface area contributed by atoms with Crippen LogP contribution >= 0.6 is 0 Å². The Morgan fingerprint density at radius 2 is 1.94 bits per heavy atom. The molecule has 0 saturated heterocycles. The summed E-state index contributed by atoms with van der Waals surface area (Å²) in [5, 5.41) is 0. The van der Waals surface area contributed by atoms with Crippen LogP contribution in [0.4, 0.5) is 0 Å². The molecule has 1 nitrogen and oxygen atoms in total. The molecule has 0 aliphatic heterocycles. The third-order valence-corrected chi connectivity index (χ3v) is 6.87. The van der Waals surface area contributed by atoms with Crippen LogP contribution in [0.1, 0.15) is 60.3 Å². The first-order valence-electron chi connectivity index (χ1n) is 7.51. The van der Waals surface area contributed by atoms with Crippen LogP contribution in [0.2, 0.25) is 0 Å². The quantitative estimate of drug-likeness (QED) is 0.671. The highest BCUT2D eigenvalue weighted by atomic mass is 16.1. The minimum Gasteiger partial charge on any atom is -0.295 e. The van der Waals surface area contributed by atoms with Gasteiger partial charge in [0.1, 0.15) is 0 Å². The predicted molar refractivity (Wildman–Crippen MR) is 74.2 cm³/mol. The molecular weight excluding hydrogens is 220 g/mol. The number of carbonyl (C=O) groups is 1. The van der Waals surface area contributed by atoms with Crippen LogP contribution < -0.4 is 0 Å². The van der Waals surface area contributed by atoms with E-state index in [1.54, 1.807) is 6.92 Å². The number of hydrogen-bond acceptors (Lipinski definition) is 1. The van der Waals surface area contributed by atoms with Gasteiger partial charge in [-0.15, -0.1) is 0 Å². The molecule has 18 heavy (non-hydrogen) atoms. The number of fused-ring (bicyclic) bond motifs is 1. The van der Waals surface area contributed by atoms with Crippen LogP contribution in [0.15, 0.2) is 11.1 Å². The van der Waals surface area contributed by atoms with E-state index < -0.39 is 0 Å². The van der Waals surface area contributed by atoms with Gasteiger partial charge in [0.15, 0.2) is 5.78 Å². The summed E-state index contributed by atoms with van der Waals surface area (Å²) < 4.78 is 0. The van der Waals surface area contributed by atoms with Gasteiger partial charge in [0.25, 0.3) is 0 Å². The van der Waals surface area contributed by atoms with Gasteiger partial charge in [0, 0.05) is 0 Å². The summed E-state index contributed by atoms with van der Waals surface area (Å²) in [5.74, 6) is 2.61. The summed E-state index contributed by atoms with van der Waals surface area (Å²) in [5.41, 5.74) is 3.44. The minimum absolute atomic E-state index is 0.326. The van der Waals surface area contributed by atoms with Crippen LogP contribution in [0.3, 0.4) is 0 Å². The van der Waals surface area contributed by atoms with Crippen molar-refractivity contribution in [3.63, 3.8) is 0 Å². The van der Waals surface area contributed by atoms with Gasteiger partial charge in [-0.05, 0) is 73.7 Å². The Hall–Kier alpha value is -0.590. The zero-order valence-electron chi connectivity index (χ0n) is 12.5. The Bertz CT molecular complexity index is 443. The van der Waals surface area contributed by atoms with Crippen LogP contribution in [0, 0.1) is 28.6 Å². The summed E-state index contributed by atoms with van der Waals surface area (Å²) >= 11 is 0. The Morgan fingerprint density at radius 1 is 1.28 bits per heavy atom. The van der Waals surface area contributed by atoms with E-state index in [9.17, 15) is 4.79 Å². The van der Waals surface area contributed by atoms with Crippen LogP contribution in [0.5, 0.6) is 0 Å². The molecule has 0 unspecified atom stereocenters. The van der Waals surface area contributed by atoms with Gasteiger partial charge in [0.05, 0.1) is 0 Å². The van der Waals surface area contributed by atoms with Crippen molar-refractivity contribution in [1.82, 2.24) is 0 Å². The third kappa shape index (κ3) is 1.26. The maximum absolute atomic E-state index is 12.0. The molecule has 0 aromatic carbocycles. The van der Waals surface area contributed by atoms with Crippen molar-refractivity contribution in [2.24, 2.45) is 28.6 Å². The molecule has 0 amide bonds. The van der Waals surface area contributed by atoms with Crippen LogP contribution in [-0.4, -0.2) is 5.78 Å². The van der Waals surface area contributed by atoms with Crippen molar-refractivity contribution in [2.45, 2.75) is 60.3 Å². The molecule has 1 spiro atoms. The number of rotatable bonds is 1. The SMILES string of the molecule is CC(=O)C1=C(C)[C@H]2C[C@@]3(C1)[C@H](CC[C@@H]3C)C2(C)C. The van der Waals surface area contributed by atoms with Crippen molar-refractivity contribution in [1.29, 1.82) is 0 Å². The molecule has 0 heterocycles. The average molecular weight is 246 g/mol. The number of carbonyl (C=O) groups excluding carboxylic acids is 1. The van der Waals surface area contributed by atoms with E-state index in [1.165, 1.54) is 30.4 Å². The van der Waals surface area contributed by atoms with E-state index in [0.29, 0.717) is 22.5 Å². The lowest BCUT2D eigenvalue weighted by atomic mass is 9.65. The van der Waals surface area contributed by atoms with E-state index >= 15 is 0 Å². The van der Waals surface area contributed by atoms with Crippen molar-refractivity contribution in [2.75, 3.05) is 0 Å². The highest BCUT2D eigenvalue weighted by Crippen LogP contribution is 2.72. The highest BCUT2D eigenvalue weighted by molar-refractivity contribution is 5.94. The molecule has 0 radical (unpaired) electrons. The third-order valence-electron chi connectivity index (χ3n) is 6.87. The normalized spacial score (nSPS) is 45.3. The van der Waals surface area contributed by atoms with E-state index in [0.717, 1.165) is 18.3 Å². The molecule has 2 fully saturated rings. The Kier molecular flexibility index (Phi) is 2.41. The largest absolute Gasteiger partial charge is 0.295 e. The topological polar surface area (TPSA) is 17.1 Å². The Balaban J connectivity index is 2.15. The van der Waals surface area contributed by atoms with E-state index in [4.69, 9.17) is 0 Å². The number of hydrogen-bond donors (Lipinski definition) is 0. The summed E-state index contributed by atoms with van der Waals surface area (Å²) in [6, 6.07) is 0. The van der Waals surface area contributed by atoms with Gasteiger partial charge in [-0.2, -0.15) is 0 Å². The number of allylic oxidation sites excluding steroid dienone is 2. The highest BCUT2D eigenvalue weighted by Gasteiger charge is 2.64. The van der Waals surface area contributed by atoms with Crippen LogP contribution in [0.25, 0.3) is 0 Å². The summed E-state index contributed by atoms with van der Waals surface area (Å²) in [6.45, 7) is 11.3. The second-order valence-corrected chi connectivity index (χ2v) is 7.74. The van der Waals surface area contributed by atoms with Crippen molar-refractivity contribution < 1.29 is 4.79 Å². The van der Waals surface area contributed by atoms with Crippen molar-refractivity contribution in [3.8, 4) is 0 Å². The van der Waals surface area contributed by atoms with E-state index in [2.05, 4.69) is 27.7 Å². The van der Waals surface area contributed by atoms with Gasteiger partial charge in [-0.1, -0.05) is 26.3 Å². The summed E-state index contributed by atoms with van der Waals surface area (Å²) in [7, 11) is 0. The molecular formula is C17H26O. The lowest BCUT2D eigenvalue weighted by Gasteiger charge is -2.38. The molecule has 0 aromatic heterocycles. The van der Waals surface area contributed by atoms with Gasteiger partial charge in [0.2, 0.25) is 0 Å². The first-order valence-corrected chi connectivity index (χ1v) is 7.51. The predicted octanol–water partition coefficient (Wildman–Crippen LogP) is 4.37. The molecule has 0 aromatic rings. The van der Waals surface area contributed by atoms with E-state index in [-0.39, 0.29) is 0 Å². The molecule has 100 valence electrons. The van der Waals surface area contributed by atoms with Crippen molar-refractivity contribution in [3.05, 3.63) is 11.1 Å². The molecule has 3 aliphatic rings. The zero-order valence-corrected chi connectivity index (χ0v) is 12.5. The fourth-order valence-corrected chi connectivity index (χ4v) is 5.84. The Labute approximate surface area is 111 Å². The fourth-order valence-electron chi connectivity index (χ4n) is 5.84. The molecule has 4 atom stereocenters. The number of Topliss-reactive ketones (excluding diaryl/α,β-unsaturated/α-hetero) is 1. The second kappa shape index (κ2) is 3.49. The van der Waals surface area contributed by atoms with E-state index in [1.807, 2.05) is 0 Å². The van der Waals surface area contributed by atoms with Gasteiger partial charge in [-0.3, -0.25) is 4.79 Å². The van der Waals surface area contributed by atoms with Gasteiger partial charge in [-0.25, -0.2) is 0 Å². The van der Waals surface area contributed by atoms with Gasteiger partial charge >= 0.3 is 0 Å². The molecule has 0 N–H and O–H groups in total. The standard InChI is InChI=1S/C17H26O/c1-10-6-7-15-16(4,5)14-9-17(10,15)8-13(11(14)2)12(3)18/h10,14-15H,6-9H2,1-5H3/t10-,14+,15+,17+/m0/s1. The smallest absolute Gasteiger partial charge is 0.155 e. The Morgan fingerprint density at radius 3 is 2.56 bits per heavy atom. The summed E-state index contributed by atoms with van der Waals surface area (Å²) in [6.07, 6.45) is 5.16. The lowest BCUT2D eigenvalue weighted by molar-refractivity contribution is -0.114.